The van der Waals surface area contributed by atoms with Gasteiger partial charge in [-0.15, -0.1) is 0 Å². The second kappa shape index (κ2) is 6.98. The standard InChI is InChI=1S/C22H23NO2/c1-15-4-6-18(7-5-15)21-10-8-19(9-11-22(24)25)23(21)20-13-16(2)12-17(3)14-20/h4-8,10,12-14H,9,11H2,1-3H3,(H,24,25)/p-1. The molecule has 3 aromatic rings. The Hall–Kier alpha value is -2.81. The van der Waals surface area contributed by atoms with Gasteiger partial charge in [-0.1, -0.05) is 35.9 Å². The molecule has 0 amide bonds. The molecule has 3 heteroatoms. The lowest BCUT2D eigenvalue weighted by atomic mass is 10.1. The first-order valence-corrected chi connectivity index (χ1v) is 8.50. The Labute approximate surface area is 148 Å². The molecule has 0 radical (unpaired) electrons. The zero-order chi connectivity index (χ0) is 18.0. The third-order valence-corrected chi connectivity index (χ3v) is 4.36. The summed E-state index contributed by atoms with van der Waals surface area (Å²) in [5.41, 5.74) is 7.80. The van der Waals surface area contributed by atoms with Crippen LogP contribution in [0.3, 0.4) is 0 Å². The summed E-state index contributed by atoms with van der Waals surface area (Å²) in [6, 6.07) is 18.9. The molecule has 0 bridgehead atoms. The average molecular weight is 332 g/mol. The molecule has 0 N–H and O–H groups in total. The third kappa shape index (κ3) is 3.82. The smallest absolute Gasteiger partial charge is 0.0531 e. The van der Waals surface area contributed by atoms with Gasteiger partial charge in [-0.05, 0) is 74.6 Å². The summed E-state index contributed by atoms with van der Waals surface area (Å²) in [5, 5.41) is 10.9. The second-order valence-corrected chi connectivity index (χ2v) is 6.63. The molecule has 0 unspecified atom stereocenters. The fraction of sp³-hybridized carbons (Fsp3) is 0.227. The number of rotatable bonds is 5. The van der Waals surface area contributed by atoms with Crippen LogP contribution in [0.2, 0.25) is 0 Å². The Kier molecular flexibility index (Phi) is 4.75. The minimum Gasteiger partial charge on any atom is -0.550 e. The number of carbonyl (C=O) groups is 1. The molecule has 25 heavy (non-hydrogen) atoms. The molecular weight excluding hydrogens is 310 g/mol. The zero-order valence-electron chi connectivity index (χ0n) is 14.9. The summed E-state index contributed by atoms with van der Waals surface area (Å²) < 4.78 is 2.16. The normalized spacial score (nSPS) is 10.8. The van der Waals surface area contributed by atoms with Crippen LogP contribution >= 0.6 is 0 Å². The topological polar surface area (TPSA) is 45.1 Å². The van der Waals surface area contributed by atoms with Gasteiger partial charge in [0.15, 0.2) is 0 Å². The predicted molar refractivity (Wildman–Crippen MR) is 98.7 cm³/mol. The molecule has 128 valence electrons. The van der Waals surface area contributed by atoms with E-state index in [9.17, 15) is 9.90 Å². The lowest BCUT2D eigenvalue weighted by Gasteiger charge is -2.16. The van der Waals surface area contributed by atoms with E-state index in [1.54, 1.807) is 0 Å². The molecule has 3 nitrogen and oxygen atoms in total. The molecule has 0 aliphatic carbocycles. The summed E-state index contributed by atoms with van der Waals surface area (Å²) in [6.07, 6.45) is 0.462. The van der Waals surface area contributed by atoms with Crippen molar-refractivity contribution in [3.63, 3.8) is 0 Å². The van der Waals surface area contributed by atoms with Crippen molar-refractivity contribution in [3.05, 3.63) is 77.0 Å². The highest BCUT2D eigenvalue weighted by Crippen LogP contribution is 2.28. The average Bonchev–Trinajstić information content (AvgIpc) is 2.96. The van der Waals surface area contributed by atoms with Crippen LogP contribution in [0.25, 0.3) is 16.9 Å². The van der Waals surface area contributed by atoms with Crippen LogP contribution in [0.1, 0.15) is 28.8 Å². The minimum absolute atomic E-state index is 0.0160. The number of aliphatic carboxylic acids is 1. The predicted octanol–water partition coefficient (Wildman–Crippen LogP) is 3.75. The highest BCUT2D eigenvalue weighted by molar-refractivity contribution is 5.67. The molecule has 1 heterocycles. The molecular formula is C22H22NO2-. The van der Waals surface area contributed by atoms with E-state index in [0.29, 0.717) is 6.42 Å². The summed E-state index contributed by atoms with van der Waals surface area (Å²) >= 11 is 0. The van der Waals surface area contributed by atoms with Crippen LogP contribution in [0.4, 0.5) is 0 Å². The van der Waals surface area contributed by atoms with Crippen LogP contribution in [0.15, 0.2) is 54.6 Å². The van der Waals surface area contributed by atoms with Crippen molar-refractivity contribution in [2.75, 3.05) is 0 Å². The maximum absolute atomic E-state index is 10.9. The zero-order valence-corrected chi connectivity index (χ0v) is 14.9. The highest BCUT2D eigenvalue weighted by atomic mass is 16.4. The minimum atomic E-state index is -1.02. The maximum atomic E-state index is 10.9. The summed E-state index contributed by atoms with van der Waals surface area (Å²) in [5.74, 6) is -1.02. The van der Waals surface area contributed by atoms with Crippen molar-refractivity contribution in [1.29, 1.82) is 0 Å². The second-order valence-electron chi connectivity index (χ2n) is 6.63. The molecule has 3 rings (SSSR count). The molecule has 0 aliphatic rings. The van der Waals surface area contributed by atoms with Gasteiger partial charge in [-0.2, -0.15) is 0 Å². The van der Waals surface area contributed by atoms with Gasteiger partial charge in [-0.3, -0.25) is 0 Å². The van der Waals surface area contributed by atoms with E-state index in [1.165, 1.54) is 16.7 Å². The van der Waals surface area contributed by atoms with Gasteiger partial charge in [0, 0.05) is 17.4 Å². The van der Waals surface area contributed by atoms with Crippen LogP contribution in [-0.4, -0.2) is 10.5 Å². The number of hydrogen-bond acceptors (Lipinski definition) is 2. The van der Waals surface area contributed by atoms with Crippen molar-refractivity contribution in [3.8, 4) is 16.9 Å². The molecule has 0 saturated carbocycles. The summed E-state index contributed by atoms with van der Waals surface area (Å²) in [7, 11) is 0. The van der Waals surface area contributed by atoms with E-state index in [1.807, 2.05) is 6.07 Å². The summed E-state index contributed by atoms with van der Waals surface area (Å²) in [6.45, 7) is 6.22. The van der Waals surface area contributed by atoms with Gasteiger partial charge >= 0.3 is 0 Å². The number of nitrogens with zero attached hydrogens (tertiary/aromatic N) is 1. The highest BCUT2D eigenvalue weighted by Gasteiger charge is 2.13. The molecule has 0 spiro atoms. The number of aryl methyl sites for hydroxylation is 4. The van der Waals surface area contributed by atoms with E-state index in [0.717, 1.165) is 22.6 Å². The number of hydrogen-bond donors (Lipinski definition) is 0. The molecule has 2 aromatic carbocycles. The SMILES string of the molecule is Cc1ccc(-c2ccc(CCC(=O)[O-])n2-c2cc(C)cc(C)c2)cc1. The number of carboxylic acid groups (broad SMARTS) is 1. The van der Waals surface area contributed by atoms with E-state index in [2.05, 4.69) is 73.9 Å². The molecule has 0 atom stereocenters. The molecule has 1 aromatic heterocycles. The van der Waals surface area contributed by atoms with Crippen molar-refractivity contribution in [2.24, 2.45) is 0 Å². The van der Waals surface area contributed by atoms with Crippen LogP contribution in [0.5, 0.6) is 0 Å². The van der Waals surface area contributed by atoms with E-state index in [4.69, 9.17) is 0 Å². The molecule has 0 aliphatic heterocycles. The fourth-order valence-corrected chi connectivity index (χ4v) is 3.24. The lowest BCUT2D eigenvalue weighted by Crippen LogP contribution is -2.22. The van der Waals surface area contributed by atoms with E-state index < -0.39 is 5.97 Å². The number of benzene rings is 2. The number of aromatic nitrogens is 1. The fourth-order valence-electron chi connectivity index (χ4n) is 3.24. The first-order chi connectivity index (χ1) is 11.9. The Morgan fingerprint density at radius 2 is 1.52 bits per heavy atom. The monoisotopic (exact) mass is 332 g/mol. The largest absolute Gasteiger partial charge is 0.550 e. The lowest BCUT2D eigenvalue weighted by molar-refractivity contribution is -0.305. The van der Waals surface area contributed by atoms with E-state index >= 15 is 0 Å². The van der Waals surface area contributed by atoms with Crippen LogP contribution in [-0.2, 0) is 11.2 Å². The molecule has 0 saturated heterocycles. The number of carboxylic acids is 1. The van der Waals surface area contributed by atoms with Crippen molar-refractivity contribution >= 4 is 5.97 Å². The maximum Gasteiger partial charge on any atom is 0.0531 e. The Morgan fingerprint density at radius 3 is 2.12 bits per heavy atom. The molecule has 0 fully saturated rings. The van der Waals surface area contributed by atoms with Gasteiger partial charge in [0.1, 0.15) is 0 Å². The van der Waals surface area contributed by atoms with Crippen molar-refractivity contribution in [2.45, 2.75) is 33.6 Å². The van der Waals surface area contributed by atoms with Gasteiger partial charge < -0.3 is 14.5 Å². The Bertz CT molecular complexity index is 884. The quantitative estimate of drug-likeness (QED) is 0.714. The van der Waals surface area contributed by atoms with Crippen molar-refractivity contribution in [1.82, 2.24) is 4.57 Å². The first-order valence-electron chi connectivity index (χ1n) is 8.50. The Morgan fingerprint density at radius 1 is 0.880 bits per heavy atom. The summed E-state index contributed by atoms with van der Waals surface area (Å²) in [4.78, 5) is 10.9. The van der Waals surface area contributed by atoms with Gasteiger partial charge in [0.25, 0.3) is 0 Å². The van der Waals surface area contributed by atoms with Crippen LogP contribution < -0.4 is 5.11 Å². The number of carbonyl (C=O) groups excluding carboxylic acids is 1. The van der Waals surface area contributed by atoms with Gasteiger partial charge in [-0.25, -0.2) is 0 Å². The van der Waals surface area contributed by atoms with Crippen molar-refractivity contribution < 1.29 is 9.90 Å². The third-order valence-electron chi connectivity index (χ3n) is 4.36. The van der Waals surface area contributed by atoms with Gasteiger partial charge in [0.05, 0.1) is 5.69 Å². The Balaban J connectivity index is 2.15. The first kappa shape index (κ1) is 17.0. The van der Waals surface area contributed by atoms with Crippen LogP contribution in [0, 0.1) is 20.8 Å². The van der Waals surface area contributed by atoms with Gasteiger partial charge in [0.2, 0.25) is 0 Å². The van der Waals surface area contributed by atoms with E-state index in [-0.39, 0.29) is 6.42 Å².